The number of rotatable bonds is 6. The highest BCUT2D eigenvalue weighted by Crippen LogP contribution is 2.32. The highest BCUT2D eigenvalue weighted by atomic mass is 16.1. The Morgan fingerprint density at radius 1 is 1.08 bits per heavy atom. The van der Waals surface area contributed by atoms with Gasteiger partial charge in [-0.1, -0.05) is 49.4 Å². The molecule has 0 amide bonds. The lowest BCUT2D eigenvalue weighted by Gasteiger charge is -2.25. The molecule has 0 radical (unpaired) electrons. The van der Waals surface area contributed by atoms with Crippen LogP contribution in [-0.2, 0) is 10.2 Å². The van der Waals surface area contributed by atoms with Crippen molar-refractivity contribution >= 4 is 23.3 Å². The Morgan fingerprint density at radius 2 is 1.73 bits per heavy atom. The van der Waals surface area contributed by atoms with Crippen LogP contribution in [0.5, 0.6) is 0 Å². The molecule has 0 aliphatic rings. The van der Waals surface area contributed by atoms with Crippen molar-refractivity contribution in [3.63, 3.8) is 0 Å². The maximum absolute atomic E-state index is 12.0. The molecule has 2 heteroatoms. The Balaban J connectivity index is 2.38. The second-order valence-corrected chi connectivity index (χ2v) is 7.34. The molecule has 2 rings (SSSR count). The van der Waals surface area contributed by atoms with Gasteiger partial charge in [0.25, 0.3) is 0 Å². The summed E-state index contributed by atoms with van der Waals surface area (Å²) >= 11 is 0. The molecule has 0 unspecified atom stereocenters. The van der Waals surface area contributed by atoms with Gasteiger partial charge in [-0.2, -0.15) is 0 Å². The first-order chi connectivity index (χ1) is 12.3. The molecule has 2 aromatic carbocycles. The Labute approximate surface area is 157 Å². The van der Waals surface area contributed by atoms with E-state index in [0.29, 0.717) is 0 Å². The summed E-state index contributed by atoms with van der Waals surface area (Å²) in [5, 5.41) is 0. The molecule has 0 N–H and O–H groups in total. The van der Waals surface area contributed by atoms with Crippen molar-refractivity contribution in [1.29, 1.82) is 0 Å². The minimum absolute atomic E-state index is 0.177. The summed E-state index contributed by atoms with van der Waals surface area (Å²) in [6.45, 7) is 11.9. The third-order valence-electron chi connectivity index (χ3n) is 4.99. The van der Waals surface area contributed by atoms with Gasteiger partial charge in [-0.05, 0) is 75.4 Å². The summed E-state index contributed by atoms with van der Waals surface area (Å²) in [7, 11) is 0. The van der Waals surface area contributed by atoms with E-state index >= 15 is 0 Å². The number of hydrogen-bond donors (Lipinski definition) is 0. The highest BCUT2D eigenvalue weighted by Gasteiger charge is 2.28. The van der Waals surface area contributed by atoms with Gasteiger partial charge in [-0.25, -0.2) is 0 Å². The molecule has 0 bridgehead atoms. The molecule has 0 fully saturated rings. The number of hydrogen-bond acceptors (Lipinski definition) is 2. The molecule has 136 valence electrons. The van der Waals surface area contributed by atoms with Crippen LogP contribution < -0.4 is 0 Å². The number of ketones is 1. The molecule has 0 saturated heterocycles. The van der Waals surface area contributed by atoms with Gasteiger partial charge in [-0.15, -0.1) is 0 Å². The summed E-state index contributed by atoms with van der Waals surface area (Å²) in [5.41, 5.74) is 5.99. The van der Waals surface area contributed by atoms with Crippen molar-refractivity contribution in [1.82, 2.24) is 0 Å². The molecule has 0 aromatic heterocycles. The van der Waals surface area contributed by atoms with Gasteiger partial charge in [0.15, 0.2) is 0 Å². The van der Waals surface area contributed by atoms with Crippen molar-refractivity contribution < 1.29 is 4.79 Å². The number of carbonyl (C=O) groups is 1. The van der Waals surface area contributed by atoms with E-state index in [4.69, 9.17) is 4.99 Å². The van der Waals surface area contributed by atoms with Crippen molar-refractivity contribution in [3.05, 3.63) is 70.8 Å². The normalized spacial score (nSPS) is 12.6. The van der Waals surface area contributed by atoms with Crippen LogP contribution in [-0.4, -0.2) is 11.5 Å². The Hall–Kier alpha value is -2.48. The number of allylic oxidation sites excluding steroid dienone is 1. The largest absolute Gasteiger partial charge is 0.299 e. The van der Waals surface area contributed by atoms with Gasteiger partial charge in [0.2, 0.25) is 0 Å². The molecule has 0 aliphatic heterocycles. The minimum Gasteiger partial charge on any atom is -0.299 e. The van der Waals surface area contributed by atoms with Crippen molar-refractivity contribution in [2.75, 3.05) is 0 Å². The first-order valence-electron chi connectivity index (χ1n) is 9.19. The van der Waals surface area contributed by atoms with Gasteiger partial charge in [-0.3, -0.25) is 9.79 Å². The molecule has 0 aliphatic carbocycles. The van der Waals surface area contributed by atoms with Gasteiger partial charge in [0.05, 0.1) is 5.69 Å². The molecule has 2 aromatic rings. The van der Waals surface area contributed by atoms with Crippen LogP contribution in [0, 0.1) is 13.8 Å². The monoisotopic (exact) mass is 347 g/mol. The maximum Gasteiger partial charge on any atom is 0.139 e. The number of benzene rings is 2. The number of carbonyl (C=O) groups excluding carboxylic acids is 1. The van der Waals surface area contributed by atoms with E-state index in [1.54, 1.807) is 6.92 Å². The highest BCUT2D eigenvalue weighted by molar-refractivity contribution is 5.99. The predicted octanol–water partition coefficient (Wildman–Crippen LogP) is 6.37. The predicted molar refractivity (Wildman–Crippen MR) is 112 cm³/mol. The maximum atomic E-state index is 12.0. The number of aliphatic imine (C=N–C) groups is 1. The van der Waals surface area contributed by atoms with E-state index in [1.165, 1.54) is 5.56 Å². The second kappa shape index (κ2) is 8.27. The third-order valence-corrected chi connectivity index (χ3v) is 4.99. The van der Waals surface area contributed by atoms with E-state index in [9.17, 15) is 4.79 Å². The molecule has 0 heterocycles. The minimum atomic E-state index is -0.474. The average Bonchev–Trinajstić information content (AvgIpc) is 2.61. The van der Waals surface area contributed by atoms with Crippen LogP contribution in [0.1, 0.15) is 56.4 Å². The summed E-state index contributed by atoms with van der Waals surface area (Å²) < 4.78 is 0. The van der Waals surface area contributed by atoms with Crippen LogP contribution in [0.25, 0.3) is 6.08 Å². The van der Waals surface area contributed by atoms with Gasteiger partial charge in [0.1, 0.15) is 5.78 Å². The quantitative estimate of drug-likeness (QED) is 0.559. The van der Waals surface area contributed by atoms with E-state index in [0.717, 1.165) is 34.5 Å². The summed E-state index contributed by atoms with van der Waals surface area (Å²) in [4.78, 5) is 16.9. The first kappa shape index (κ1) is 19.8. The van der Waals surface area contributed by atoms with Gasteiger partial charge < -0.3 is 0 Å². The van der Waals surface area contributed by atoms with Crippen LogP contribution in [0.15, 0.2) is 53.5 Å². The smallest absolute Gasteiger partial charge is 0.139 e. The zero-order valence-corrected chi connectivity index (χ0v) is 16.8. The summed E-state index contributed by atoms with van der Waals surface area (Å²) in [6, 6.07) is 14.5. The van der Waals surface area contributed by atoms with Crippen molar-refractivity contribution in [2.24, 2.45) is 4.99 Å². The topological polar surface area (TPSA) is 29.4 Å². The van der Waals surface area contributed by atoms with Crippen LogP contribution in [0.2, 0.25) is 0 Å². The molecule has 0 atom stereocenters. The number of nitrogens with zero attached hydrogens (tertiary/aromatic N) is 1. The molecule has 0 spiro atoms. The van der Waals surface area contributed by atoms with Crippen LogP contribution in [0.3, 0.4) is 0 Å². The fourth-order valence-corrected chi connectivity index (χ4v) is 2.93. The van der Waals surface area contributed by atoms with Gasteiger partial charge in [0, 0.05) is 11.1 Å². The fourth-order valence-electron chi connectivity index (χ4n) is 2.93. The lowest BCUT2D eigenvalue weighted by molar-refractivity contribution is -0.121. The molecular formula is C24H29NO. The van der Waals surface area contributed by atoms with Gasteiger partial charge >= 0.3 is 0 Å². The van der Waals surface area contributed by atoms with E-state index in [2.05, 4.69) is 57.2 Å². The molecule has 26 heavy (non-hydrogen) atoms. The molecular weight excluding hydrogens is 318 g/mol. The standard InChI is InChI=1S/C24H29NO/c1-7-21(14-13-20-11-9-8-10-12-20)25-23-16-17(2)22(15-18(23)3)24(5,6)19(4)26/h8-16H,7H2,1-6H3/b14-13+,25-21?. The van der Waals surface area contributed by atoms with Crippen LogP contribution >= 0.6 is 0 Å². The van der Waals surface area contributed by atoms with Crippen molar-refractivity contribution in [3.8, 4) is 0 Å². The number of Topliss-reactive ketones (excluding diaryl/α,β-unsaturated/α-hetero) is 1. The Bertz CT molecular complexity index is 842. The third kappa shape index (κ3) is 4.57. The van der Waals surface area contributed by atoms with Crippen LogP contribution in [0.4, 0.5) is 5.69 Å². The van der Waals surface area contributed by atoms with E-state index in [1.807, 2.05) is 32.0 Å². The van der Waals surface area contributed by atoms with Crippen molar-refractivity contribution in [2.45, 2.75) is 53.4 Å². The second-order valence-electron chi connectivity index (χ2n) is 7.34. The Morgan fingerprint density at radius 3 is 2.31 bits per heavy atom. The average molecular weight is 348 g/mol. The SMILES string of the molecule is CCC(/C=C/c1ccccc1)=Nc1cc(C)c(C(C)(C)C(C)=O)cc1C. The summed E-state index contributed by atoms with van der Waals surface area (Å²) in [5.74, 6) is 0.177. The Kier molecular flexibility index (Phi) is 6.31. The summed E-state index contributed by atoms with van der Waals surface area (Å²) in [6.07, 6.45) is 5.04. The zero-order valence-electron chi connectivity index (χ0n) is 16.8. The van der Waals surface area contributed by atoms with E-state index < -0.39 is 5.41 Å². The molecule has 2 nitrogen and oxygen atoms in total. The van der Waals surface area contributed by atoms with E-state index in [-0.39, 0.29) is 5.78 Å². The zero-order chi connectivity index (χ0) is 19.3. The first-order valence-corrected chi connectivity index (χ1v) is 9.19. The fraction of sp³-hybridized carbons (Fsp3) is 0.333. The molecule has 0 saturated carbocycles. The number of aryl methyl sites for hydroxylation is 2. The lowest BCUT2D eigenvalue weighted by atomic mass is 9.78. The lowest BCUT2D eigenvalue weighted by Crippen LogP contribution is -2.27.